The average molecular weight is 304 g/mol. The zero-order valence-corrected chi connectivity index (χ0v) is 12.2. The zero-order chi connectivity index (χ0) is 14.8. The molecule has 0 atom stereocenters. The van der Waals surface area contributed by atoms with Gasteiger partial charge in [-0.2, -0.15) is 0 Å². The Labute approximate surface area is 126 Å². The minimum absolute atomic E-state index is 0.341. The van der Waals surface area contributed by atoms with Gasteiger partial charge in [0.1, 0.15) is 0 Å². The lowest BCUT2D eigenvalue weighted by Gasteiger charge is -2.12. The van der Waals surface area contributed by atoms with E-state index in [9.17, 15) is 4.79 Å². The fraction of sp³-hybridized carbons (Fsp3) is 0.385. The SMILES string of the molecule is NC(=O)c1cc(N)ccc1Sc1nnnn1C1CCCC1. The molecule has 8 heteroatoms. The molecule has 2 aromatic rings. The van der Waals surface area contributed by atoms with Crippen molar-refractivity contribution in [3.05, 3.63) is 23.8 Å². The number of aromatic nitrogens is 4. The topological polar surface area (TPSA) is 113 Å². The summed E-state index contributed by atoms with van der Waals surface area (Å²) in [5.74, 6) is -0.510. The van der Waals surface area contributed by atoms with Crippen LogP contribution in [0.25, 0.3) is 0 Å². The molecular formula is C13H16N6OS. The van der Waals surface area contributed by atoms with Crippen LogP contribution in [0, 0.1) is 0 Å². The number of rotatable bonds is 4. The van der Waals surface area contributed by atoms with Crippen LogP contribution < -0.4 is 11.5 Å². The Balaban J connectivity index is 1.91. The van der Waals surface area contributed by atoms with Crippen LogP contribution in [0.2, 0.25) is 0 Å². The summed E-state index contributed by atoms with van der Waals surface area (Å²) in [6.07, 6.45) is 4.57. The van der Waals surface area contributed by atoms with E-state index in [0.717, 1.165) is 12.8 Å². The van der Waals surface area contributed by atoms with Crippen molar-refractivity contribution in [2.24, 2.45) is 5.73 Å². The van der Waals surface area contributed by atoms with Crippen LogP contribution in [-0.4, -0.2) is 26.1 Å². The van der Waals surface area contributed by atoms with Gasteiger partial charge in [-0.1, -0.05) is 12.8 Å². The first-order valence-corrected chi connectivity index (χ1v) is 7.62. The summed E-state index contributed by atoms with van der Waals surface area (Å²) in [5, 5.41) is 12.6. The van der Waals surface area contributed by atoms with Crippen LogP contribution in [0.3, 0.4) is 0 Å². The largest absolute Gasteiger partial charge is 0.399 e. The Hall–Kier alpha value is -2.09. The molecule has 1 aliphatic carbocycles. The molecule has 1 aromatic heterocycles. The molecule has 21 heavy (non-hydrogen) atoms. The molecule has 0 aliphatic heterocycles. The van der Waals surface area contributed by atoms with Crippen molar-refractivity contribution in [1.29, 1.82) is 0 Å². The summed E-state index contributed by atoms with van der Waals surface area (Å²) in [6, 6.07) is 5.42. The molecule has 0 spiro atoms. The molecule has 1 aromatic carbocycles. The van der Waals surface area contributed by atoms with E-state index in [-0.39, 0.29) is 0 Å². The van der Waals surface area contributed by atoms with Gasteiger partial charge >= 0.3 is 0 Å². The van der Waals surface area contributed by atoms with E-state index in [1.54, 1.807) is 18.2 Å². The maximum atomic E-state index is 11.5. The van der Waals surface area contributed by atoms with Crippen molar-refractivity contribution < 1.29 is 4.79 Å². The van der Waals surface area contributed by atoms with Crippen molar-refractivity contribution in [2.75, 3.05) is 5.73 Å². The number of carbonyl (C=O) groups excluding carboxylic acids is 1. The second-order valence-corrected chi connectivity index (χ2v) is 6.08. The van der Waals surface area contributed by atoms with Gasteiger partial charge in [0.25, 0.3) is 0 Å². The van der Waals surface area contributed by atoms with Gasteiger partial charge in [0.15, 0.2) is 0 Å². The molecule has 0 radical (unpaired) electrons. The fourth-order valence-corrected chi connectivity index (χ4v) is 3.52. The van der Waals surface area contributed by atoms with Crippen molar-refractivity contribution in [3.63, 3.8) is 0 Å². The number of hydrogen-bond acceptors (Lipinski definition) is 6. The average Bonchev–Trinajstić information content (AvgIpc) is 3.11. The normalized spacial score (nSPS) is 15.4. The maximum Gasteiger partial charge on any atom is 0.249 e. The molecule has 0 bridgehead atoms. The number of primary amides is 1. The minimum Gasteiger partial charge on any atom is -0.399 e. The predicted molar refractivity (Wildman–Crippen MR) is 78.8 cm³/mol. The van der Waals surface area contributed by atoms with Gasteiger partial charge in [-0.05, 0) is 53.2 Å². The van der Waals surface area contributed by atoms with E-state index >= 15 is 0 Å². The third-order valence-electron chi connectivity index (χ3n) is 3.60. The first-order valence-electron chi connectivity index (χ1n) is 6.80. The lowest BCUT2D eigenvalue weighted by atomic mass is 10.2. The van der Waals surface area contributed by atoms with Crippen molar-refractivity contribution >= 4 is 23.4 Å². The maximum absolute atomic E-state index is 11.5. The highest BCUT2D eigenvalue weighted by atomic mass is 32.2. The molecule has 1 aliphatic rings. The molecule has 4 N–H and O–H groups in total. The minimum atomic E-state index is -0.510. The standard InChI is InChI=1S/C13H16N6OS/c14-8-5-6-11(10(7-8)12(15)20)21-13-16-17-18-19(13)9-3-1-2-4-9/h5-7,9H,1-4,14H2,(H2,15,20). The summed E-state index contributed by atoms with van der Waals surface area (Å²) in [5.41, 5.74) is 12.0. The number of amides is 1. The van der Waals surface area contributed by atoms with Gasteiger partial charge in [0.2, 0.25) is 11.1 Å². The third-order valence-corrected chi connectivity index (χ3v) is 4.63. The van der Waals surface area contributed by atoms with E-state index in [2.05, 4.69) is 15.5 Å². The van der Waals surface area contributed by atoms with E-state index < -0.39 is 5.91 Å². The Bertz CT molecular complexity index is 664. The fourth-order valence-electron chi connectivity index (χ4n) is 2.56. The molecular weight excluding hydrogens is 288 g/mol. The molecule has 110 valence electrons. The van der Waals surface area contributed by atoms with E-state index in [4.69, 9.17) is 11.5 Å². The first kappa shape index (κ1) is 13.9. The molecule has 1 saturated carbocycles. The van der Waals surface area contributed by atoms with Crippen molar-refractivity contribution in [2.45, 2.75) is 41.8 Å². The second kappa shape index (κ2) is 5.72. The van der Waals surface area contributed by atoms with Crippen molar-refractivity contribution in [3.8, 4) is 0 Å². The highest BCUT2D eigenvalue weighted by Gasteiger charge is 2.22. The number of carbonyl (C=O) groups is 1. The zero-order valence-electron chi connectivity index (χ0n) is 11.4. The number of tetrazole rings is 1. The van der Waals surface area contributed by atoms with Gasteiger partial charge in [0.05, 0.1) is 11.6 Å². The molecule has 1 amide bonds. The Kier molecular flexibility index (Phi) is 3.78. The number of anilines is 1. The van der Waals surface area contributed by atoms with Gasteiger partial charge in [-0.15, -0.1) is 5.10 Å². The molecule has 1 heterocycles. The molecule has 3 rings (SSSR count). The van der Waals surface area contributed by atoms with Gasteiger partial charge in [-0.3, -0.25) is 4.79 Å². The van der Waals surface area contributed by atoms with Crippen molar-refractivity contribution in [1.82, 2.24) is 20.2 Å². The molecule has 0 unspecified atom stereocenters. The summed E-state index contributed by atoms with van der Waals surface area (Å²) in [6.45, 7) is 0. The molecule has 1 fully saturated rings. The van der Waals surface area contributed by atoms with Crippen LogP contribution in [0.1, 0.15) is 42.1 Å². The molecule has 0 saturated heterocycles. The first-order chi connectivity index (χ1) is 10.1. The Morgan fingerprint density at radius 1 is 1.33 bits per heavy atom. The highest BCUT2D eigenvalue weighted by molar-refractivity contribution is 7.99. The van der Waals surface area contributed by atoms with Crippen LogP contribution >= 0.6 is 11.8 Å². The van der Waals surface area contributed by atoms with E-state index in [0.29, 0.717) is 27.3 Å². The van der Waals surface area contributed by atoms with Crippen LogP contribution in [0.4, 0.5) is 5.69 Å². The number of nitrogens with two attached hydrogens (primary N) is 2. The number of nitrogen functional groups attached to an aromatic ring is 1. The highest BCUT2D eigenvalue weighted by Crippen LogP contribution is 2.35. The number of hydrogen-bond donors (Lipinski definition) is 2. The van der Waals surface area contributed by atoms with Crippen LogP contribution in [-0.2, 0) is 0 Å². The van der Waals surface area contributed by atoms with Crippen LogP contribution in [0.5, 0.6) is 0 Å². The Morgan fingerprint density at radius 2 is 2.10 bits per heavy atom. The summed E-state index contributed by atoms with van der Waals surface area (Å²) in [7, 11) is 0. The van der Waals surface area contributed by atoms with Crippen LogP contribution in [0.15, 0.2) is 28.3 Å². The van der Waals surface area contributed by atoms with E-state index in [1.807, 2.05) is 4.68 Å². The lowest BCUT2D eigenvalue weighted by molar-refractivity contribution is 0.0997. The Morgan fingerprint density at radius 3 is 2.81 bits per heavy atom. The predicted octanol–water partition coefficient (Wildman–Crippen LogP) is 1.62. The van der Waals surface area contributed by atoms with Gasteiger partial charge in [-0.25, -0.2) is 4.68 Å². The number of benzene rings is 1. The molecule has 7 nitrogen and oxygen atoms in total. The summed E-state index contributed by atoms with van der Waals surface area (Å²) < 4.78 is 1.85. The van der Waals surface area contributed by atoms with E-state index in [1.165, 1.54) is 24.6 Å². The number of nitrogens with zero attached hydrogens (tertiary/aromatic N) is 4. The lowest BCUT2D eigenvalue weighted by Crippen LogP contribution is -2.13. The monoisotopic (exact) mass is 304 g/mol. The smallest absolute Gasteiger partial charge is 0.249 e. The summed E-state index contributed by atoms with van der Waals surface area (Å²) >= 11 is 1.34. The van der Waals surface area contributed by atoms with Gasteiger partial charge in [0, 0.05) is 10.6 Å². The third kappa shape index (κ3) is 2.85. The van der Waals surface area contributed by atoms with Gasteiger partial charge < -0.3 is 11.5 Å². The second-order valence-electron chi connectivity index (χ2n) is 5.07. The quantitative estimate of drug-likeness (QED) is 0.830. The summed E-state index contributed by atoms with van der Waals surface area (Å²) in [4.78, 5) is 12.3.